The predicted molar refractivity (Wildman–Crippen MR) is 73.1 cm³/mol. The van der Waals surface area contributed by atoms with Gasteiger partial charge in [-0.1, -0.05) is 19.3 Å². The molecular formula is C10H24N4O4S. The third-order valence-electron chi connectivity index (χ3n) is 2.61. The van der Waals surface area contributed by atoms with E-state index in [4.69, 9.17) is 9.96 Å². The molecule has 0 spiro atoms. The van der Waals surface area contributed by atoms with Gasteiger partial charge in [0, 0.05) is 6.04 Å². The maximum atomic E-state index is 10.3. The first-order chi connectivity index (χ1) is 8.81. The van der Waals surface area contributed by atoms with E-state index in [9.17, 15) is 8.42 Å². The summed E-state index contributed by atoms with van der Waals surface area (Å²) in [5, 5.41) is 9.41. The van der Waals surface area contributed by atoms with Crippen LogP contribution in [0.1, 0.15) is 38.5 Å². The molecule has 1 saturated heterocycles. The Balaban J connectivity index is 0.000000711. The Labute approximate surface area is 114 Å². The first-order valence-electron chi connectivity index (χ1n) is 6.26. The maximum absolute atomic E-state index is 10.3. The molecule has 0 aliphatic carbocycles. The molecule has 1 unspecified atom stereocenters. The molecule has 1 rings (SSSR count). The maximum Gasteiger partial charge on any atom is 0.397 e. The van der Waals surface area contributed by atoms with E-state index in [0.717, 1.165) is 13.0 Å². The van der Waals surface area contributed by atoms with Crippen LogP contribution in [-0.2, 0) is 14.6 Å². The van der Waals surface area contributed by atoms with Crippen molar-refractivity contribution >= 4 is 16.4 Å². The second-order valence-electron chi connectivity index (χ2n) is 4.35. The Morgan fingerprint density at radius 3 is 2.47 bits per heavy atom. The summed E-state index contributed by atoms with van der Waals surface area (Å²) in [6, 6.07) is 0.312. The molecule has 1 fully saturated rings. The highest BCUT2D eigenvalue weighted by Gasteiger charge is 2.12. The number of rotatable bonds is 4. The van der Waals surface area contributed by atoms with Crippen LogP contribution in [0.4, 0.5) is 0 Å². The lowest BCUT2D eigenvalue weighted by Gasteiger charge is -2.20. The van der Waals surface area contributed by atoms with Gasteiger partial charge in [0.25, 0.3) is 0 Å². The first-order valence-corrected chi connectivity index (χ1v) is 7.62. The fourth-order valence-electron chi connectivity index (χ4n) is 1.82. The summed E-state index contributed by atoms with van der Waals surface area (Å²) in [5.74, 6) is -0.333. The van der Waals surface area contributed by atoms with Gasteiger partial charge in [-0.05, 0) is 25.8 Å². The minimum atomic E-state index is -4.27. The van der Waals surface area contributed by atoms with Crippen LogP contribution in [0.2, 0.25) is 0 Å². The molecule has 0 saturated carbocycles. The van der Waals surface area contributed by atoms with E-state index in [1.807, 2.05) is 0 Å². The van der Waals surface area contributed by atoms with Gasteiger partial charge in [-0.3, -0.25) is 9.96 Å². The Bertz CT molecular complexity index is 335. The van der Waals surface area contributed by atoms with Crippen molar-refractivity contribution in [2.75, 3.05) is 13.2 Å². The van der Waals surface area contributed by atoms with E-state index in [-0.39, 0.29) is 12.6 Å². The molecule has 1 atom stereocenters. The standard InChI is InChI=1S/C9H19NO4S.CH5N3/c11-15(12,13)14-8-6-9-5-3-1-2-4-7-10-9;2-1(3)4/h9-10H,1-8H2,(H,11,12,13);(H5,2,3,4). The summed E-state index contributed by atoms with van der Waals surface area (Å²) < 4.78 is 33.3. The quantitative estimate of drug-likeness (QED) is 0.277. The summed E-state index contributed by atoms with van der Waals surface area (Å²) in [6.07, 6.45) is 6.53. The van der Waals surface area contributed by atoms with Gasteiger partial charge in [0.05, 0.1) is 6.61 Å². The van der Waals surface area contributed by atoms with Crippen molar-refractivity contribution in [1.29, 1.82) is 5.41 Å². The third-order valence-corrected chi connectivity index (χ3v) is 3.08. The van der Waals surface area contributed by atoms with Crippen molar-refractivity contribution < 1.29 is 17.2 Å². The van der Waals surface area contributed by atoms with Crippen LogP contribution in [0.25, 0.3) is 0 Å². The largest absolute Gasteiger partial charge is 0.397 e. The zero-order chi connectivity index (χ0) is 14.7. The highest BCUT2D eigenvalue weighted by atomic mass is 32.3. The zero-order valence-electron chi connectivity index (χ0n) is 11.0. The molecule has 1 heterocycles. The van der Waals surface area contributed by atoms with Crippen molar-refractivity contribution in [3.63, 3.8) is 0 Å². The molecule has 8 nitrogen and oxygen atoms in total. The number of hydrogen-bond acceptors (Lipinski definition) is 5. The highest BCUT2D eigenvalue weighted by Crippen LogP contribution is 2.11. The van der Waals surface area contributed by atoms with Gasteiger partial charge in [0.2, 0.25) is 0 Å². The van der Waals surface area contributed by atoms with Crippen LogP contribution in [0, 0.1) is 5.41 Å². The molecule has 0 bridgehead atoms. The molecule has 0 aromatic carbocycles. The lowest BCUT2D eigenvalue weighted by Crippen LogP contribution is -2.32. The molecule has 7 N–H and O–H groups in total. The summed E-state index contributed by atoms with van der Waals surface area (Å²) >= 11 is 0. The molecule has 0 aromatic heterocycles. The zero-order valence-corrected chi connectivity index (χ0v) is 11.8. The van der Waals surface area contributed by atoms with E-state index < -0.39 is 10.4 Å². The number of hydrogen-bond donors (Lipinski definition) is 5. The average Bonchev–Trinajstić information content (AvgIpc) is 2.18. The van der Waals surface area contributed by atoms with Gasteiger partial charge in [-0.25, -0.2) is 4.18 Å². The lowest BCUT2D eigenvalue weighted by atomic mass is 10.0. The van der Waals surface area contributed by atoms with Crippen LogP contribution < -0.4 is 16.8 Å². The van der Waals surface area contributed by atoms with Gasteiger partial charge in [-0.15, -0.1) is 0 Å². The first kappa shape index (κ1) is 18.1. The molecule has 114 valence electrons. The van der Waals surface area contributed by atoms with Crippen LogP contribution in [0.3, 0.4) is 0 Å². The average molecular weight is 296 g/mol. The van der Waals surface area contributed by atoms with Gasteiger partial charge in [0.1, 0.15) is 0 Å². The molecule has 0 aromatic rings. The van der Waals surface area contributed by atoms with Crippen LogP contribution in [-0.4, -0.2) is 38.1 Å². The van der Waals surface area contributed by atoms with Gasteiger partial charge in [0.15, 0.2) is 5.96 Å². The normalized spacial score (nSPS) is 20.6. The highest BCUT2D eigenvalue weighted by molar-refractivity contribution is 7.80. The molecule has 9 heteroatoms. The molecule has 0 radical (unpaired) electrons. The van der Waals surface area contributed by atoms with Crippen LogP contribution in [0.5, 0.6) is 0 Å². The smallest absolute Gasteiger partial charge is 0.370 e. The van der Waals surface area contributed by atoms with E-state index in [0.29, 0.717) is 12.5 Å². The Morgan fingerprint density at radius 2 is 1.89 bits per heavy atom. The Hall–Kier alpha value is -0.900. The number of nitrogens with two attached hydrogens (primary N) is 2. The second kappa shape index (κ2) is 9.96. The molecule has 19 heavy (non-hydrogen) atoms. The van der Waals surface area contributed by atoms with Crippen molar-refractivity contribution in [3.05, 3.63) is 0 Å². The van der Waals surface area contributed by atoms with Crippen molar-refractivity contribution in [2.45, 2.75) is 44.6 Å². The Morgan fingerprint density at radius 1 is 1.32 bits per heavy atom. The van der Waals surface area contributed by atoms with Crippen LogP contribution >= 0.6 is 0 Å². The summed E-state index contributed by atoms with van der Waals surface area (Å²) in [5.41, 5.74) is 8.94. The lowest BCUT2D eigenvalue weighted by molar-refractivity contribution is 0.244. The van der Waals surface area contributed by atoms with Gasteiger partial charge >= 0.3 is 10.4 Å². The molecule has 0 amide bonds. The summed E-state index contributed by atoms with van der Waals surface area (Å²) in [4.78, 5) is 0. The molecular weight excluding hydrogens is 272 g/mol. The number of nitrogens with one attached hydrogen (secondary N) is 2. The van der Waals surface area contributed by atoms with E-state index in [1.165, 1.54) is 25.7 Å². The summed E-state index contributed by atoms with van der Waals surface area (Å²) in [7, 11) is -4.27. The topological polar surface area (TPSA) is 152 Å². The fourth-order valence-corrected chi connectivity index (χ4v) is 2.13. The van der Waals surface area contributed by atoms with Crippen molar-refractivity contribution in [3.8, 4) is 0 Å². The molecule has 1 aliphatic heterocycles. The van der Waals surface area contributed by atoms with E-state index in [2.05, 4.69) is 21.0 Å². The third kappa shape index (κ3) is 15.0. The van der Waals surface area contributed by atoms with Gasteiger partial charge in [-0.2, -0.15) is 8.42 Å². The Kier molecular flexibility index (Phi) is 9.48. The van der Waals surface area contributed by atoms with E-state index in [1.54, 1.807) is 0 Å². The monoisotopic (exact) mass is 296 g/mol. The molecule has 1 aliphatic rings. The van der Waals surface area contributed by atoms with Crippen molar-refractivity contribution in [2.24, 2.45) is 11.5 Å². The predicted octanol–water partition coefficient (Wildman–Crippen LogP) is -0.0432. The minimum absolute atomic E-state index is 0.0521. The second-order valence-corrected chi connectivity index (χ2v) is 5.44. The van der Waals surface area contributed by atoms with Crippen LogP contribution in [0.15, 0.2) is 0 Å². The SMILES string of the molecule is N=C(N)N.O=S(=O)(O)OCCC1CCCCCCN1. The van der Waals surface area contributed by atoms with E-state index >= 15 is 0 Å². The minimum Gasteiger partial charge on any atom is -0.370 e. The van der Waals surface area contributed by atoms with Gasteiger partial charge < -0.3 is 16.8 Å². The fraction of sp³-hybridized carbons (Fsp3) is 0.900. The summed E-state index contributed by atoms with van der Waals surface area (Å²) in [6.45, 7) is 1.03. The van der Waals surface area contributed by atoms with Crippen molar-refractivity contribution in [1.82, 2.24) is 5.32 Å². The number of guanidine groups is 1.